The van der Waals surface area contributed by atoms with Crippen LogP contribution in [-0.2, 0) is 4.79 Å². The lowest BCUT2D eigenvalue weighted by atomic mass is 9.81. The average Bonchev–Trinajstić information content (AvgIpc) is 2.44. The van der Waals surface area contributed by atoms with Gasteiger partial charge in [-0.25, -0.2) is 4.79 Å². The topological polar surface area (TPSA) is 52.7 Å². The fourth-order valence-electron chi connectivity index (χ4n) is 3.01. The number of likely N-dealkylation sites (tertiary alicyclic amines) is 1. The summed E-state index contributed by atoms with van der Waals surface area (Å²) in [5.74, 6) is 0.736. The number of carbonyl (C=O) groups is 2. The standard InChI is InChI=1S/C18H35N3O2/c1-13(2)12-15(18(3,4)5)19-16(22)14-8-10-21(11-9-14)17(23)20(6)7/h13-15H,8-12H2,1-7H3,(H,19,22)/t15-/m0/s1. The molecule has 0 aromatic carbocycles. The Hall–Kier alpha value is -1.26. The Morgan fingerprint density at radius 1 is 1.17 bits per heavy atom. The third-order valence-electron chi connectivity index (χ3n) is 4.59. The fraction of sp³-hybridized carbons (Fsp3) is 0.889. The Kier molecular flexibility index (Phi) is 6.90. The van der Waals surface area contributed by atoms with Crippen LogP contribution in [0.5, 0.6) is 0 Å². The fourth-order valence-corrected chi connectivity index (χ4v) is 3.01. The van der Waals surface area contributed by atoms with Gasteiger partial charge in [-0.3, -0.25) is 4.79 Å². The number of piperidine rings is 1. The Bertz CT molecular complexity index is 405. The third kappa shape index (κ3) is 6.04. The third-order valence-corrected chi connectivity index (χ3v) is 4.59. The van der Waals surface area contributed by atoms with E-state index in [9.17, 15) is 9.59 Å². The molecule has 5 nitrogen and oxygen atoms in total. The minimum Gasteiger partial charge on any atom is -0.353 e. The smallest absolute Gasteiger partial charge is 0.319 e. The second kappa shape index (κ2) is 8.02. The van der Waals surface area contributed by atoms with Crippen LogP contribution < -0.4 is 5.32 Å². The number of hydrogen-bond acceptors (Lipinski definition) is 2. The molecule has 134 valence electrons. The van der Waals surface area contributed by atoms with Crippen LogP contribution in [0.4, 0.5) is 4.79 Å². The van der Waals surface area contributed by atoms with E-state index in [4.69, 9.17) is 0 Å². The van der Waals surface area contributed by atoms with Gasteiger partial charge in [0, 0.05) is 39.1 Å². The minimum atomic E-state index is 0.0261. The zero-order chi connectivity index (χ0) is 17.8. The first kappa shape index (κ1) is 19.8. The molecular formula is C18H35N3O2. The first-order valence-electron chi connectivity index (χ1n) is 8.79. The summed E-state index contributed by atoms with van der Waals surface area (Å²) >= 11 is 0. The predicted molar refractivity (Wildman–Crippen MR) is 94.2 cm³/mol. The van der Waals surface area contributed by atoms with Crippen molar-refractivity contribution in [3.63, 3.8) is 0 Å². The van der Waals surface area contributed by atoms with E-state index in [-0.39, 0.29) is 29.3 Å². The molecule has 5 heteroatoms. The van der Waals surface area contributed by atoms with E-state index < -0.39 is 0 Å². The number of amides is 3. The lowest BCUT2D eigenvalue weighted by Gasteiger charge is -2.36. The lowest BCUT2D eigenvalue weighted by Crippen LogP contribution is -2.50. The highest BCUT2D eigenvalue weighted by atomic mass is 16.2. The van der Waals surface area contributed by atoms with Gasteiger partial charge in [0.2, 0.25) is 5.91 Å². The molecule has 1 saturated heterocycles. The normalized spacial score (nSPS) is 18.0. The first-order valence-corrected chi connectivity index (χ1v) is 8.79. The van der Waals surface area contributed by atoms with Crippen molar-refractivity contribution < 1.29 is 9.59 Å². The molecule has 1 atom stereocenters. The summed E-state index contributed by atoms with van der Waals surface area (Å²) < 4.78 is 0. The Labute approximate surface area is 141 Å². The molecule has 0 spiro atoms. The van der Waals surface area contributed by atoms with Crippen molar-refractivity contribution in [1.82, 2.24) is 15.1 Å². The molecule has 1 heterocycles. The summed E-state index contributed by atoms with van der Waals surface area (Å²) in [6.45, 7) is 12.3. The van der Waals surface area contributed by atoms with E-state index in [1.54, 1.807) is 19.0 Å². The van der Waals surface area contributed by atoms with Gasteiger partial charge in [-0.2, -0.15) is 0 Å². The van der Waals surface area contributed by atoms with Gasteiger partial charge in [0.1, 0.15) is 0 Å². The zero-order valence-electron chi connectivity index (χ0n) is 16.0. The van der Waals surface area contributed by atoms with E-state index in [1.165, 1.54) is 0 Å². The molecule has 1 aliphatic heterocycles. The van der Waals surface area contributed by atoms with Crippen LogP contribution in [0.2, 0.25) is 0 Å². The van der Waals surface area contributed by atoms with Crippen LogP contribution in [-0.4, -0.2) is 55.0 Å². The van der Waals surface area contributed by atoms with Gasteiger partial charge >= 0.3 is 6.03 Å². The Morgan fingerprint density at radius 2 is 1.70 bits per heavy atom. The van der Waals surface area contributed by atoms with Crippen molar-refractivity contribution in [2.45, 2.75) is 59.9 Å². The van der Waals surface area contributed by atoms with Crippen molar-refractivity contribution in [2.24, 2.45) is 17.3 Å². The number of rotatable bonds is 4. The number of urea groups is 1. The summed E-state index contributed by atoms with van der Waals surface area (Å²) in [5, 5.41) is 3.27. The van der Waals surface area contributed by atoms with Crippen molar-refractivity contribution in [3.8, 4) is 0 Å². The first-order chi connectivity index (χ1) is 10.5. The van der Waals surface area contributed by atoms with Crippen molar-refractivity contribution >= 4 is 11.9 Å². The minimum absolute atomic E-state index is 0.0261. The summed E-state index contributed by atoms with van der Waals surface area (Å²) in [6, 6.07) is 0.229. The van der Waals surface area contributed by atoms with Gasteiger partial charge in [0.05, 0.1) is 0 Å². The molecule has 23 heavy (non-hydrogen) atoms. The maximum Gasteiger partial charge on any atom is 0.319 e. The molecule has 0 radical (unpaired) electrons. The number of carbonyl (C=O) groups excluding carboxylic acids is 2. The number of nitrogens with zero attached hydrogens (tertiary/aromatic N) is 2. The molecule has 1 N–H and O–H groups in total. The van der Waals surface area contributed by atoms with Gasteiger partial charge in [-0.15, -0.1) is 0 Å². The van der Waals surface area contributed by atoms with Crippen LogP contribution >= 0.6 is 0 Å². The largest absolute Gasteiger partial charge is 0.353 e. The van der Waals surface area contributed by atoms with Crippen molar-refractivity contribution in [3.05, 3.63) is 0 Å². The second-order valence-electron chi connectivity index (χ2n) is 8.50. The van der Waals surface area contributed by atoms with Gasteiger partial charge in [0.25, 0.3) is 0 Å². The highest BCUT2D eigenvalue weighted by Gasteiger charge is 2.32. The quantitative estimate of drug-likeness (QED) is 0.864. The molecule has 0 bridgehead atoms. The molecular weight excluding hydrogens is 290 g/mol. The molecule has 0 saturated carbocycles. The zero-order valence-corrected chi connectivity index (χ0v) is 16.0. The number of hydrogen-bond donors (Lipinski definition) is 1. The predicted octanol–water partition coefficient (Wildman–Crippen LogP) is 2.96. The SMILES string of the molecule is CC(C)C[C@H](NC(=O)C1CCN(C(=O)N(C)C)CC1)C(C)(C)C. The molecule has 0 aliphatic carbocycles. The van der Waals surface area contributed by atoms with E-state index in [2.05, 4.69) is 39.9 Å². The van der Waals surface area contributed by atoms with E-state index in [1.807, 2.05) is 4.90 Å². The van der Waals surface area contributed by atoms with Crippen LogP contribution in [0.3, 0.4) is 0 Å². The molecule has 1 aliphatic rings. The molecule has 1 fully saturated rings. The van der Waals surface area contributed by atoms with Gasteiger partial charge < -0.3 is 15.1 Å². The van der Waals surface area contributed by atoms with Crippen LogP contribution in [0, 0.1) is 17.3 Å². The summed E-state index contributed by atoms with van der Waals surface area (Å²) in [6.07, 6.45) is 2.50. The lowest BCUT2D eigenvalue weighted by molar-refractivity contribution is -0.128. The second-order valence-corrected chi connectivity index (χ2v) is 8.50. The van der Waals surface area contributed by atoms with E-state index in [0.29, 0.717) is 19.0 Å². The molecule has 3 amide bonds. The summed E-state index contributed by atoms with van der Waals surface area (Å²) in [5.41, 5.74) is 0.0571. The maximum absolute atomic E-state index is 12.6. The van der Waals surface area contributed by atoms with Crippen LogP contribution in [0.25, 0.3) is 0 Å². The maximum atomic E-state index is 12.6. The van der Waals surface area contributed by atoms with E-state index in [0.717, 1.165) is 19.3 Å². The van der Waals surface area contributed by atoms with E-state index >= 15 is 0 Å². The van der Waals surface area contributed by atoms with Crippen LogP contribution in [0.15, 0.2) is 0 Å². The number of nitrogens with one attached hydrogen (secondary N) is 1. The highest BCUT2D eigenvalue weighted by Crippen LogP contribution is 2.26. The summed E-state index contributed by atoms with van der Waals surface area (Å²) in [7, 11) is 3.53. The Morgan fingerprint density at radius 3 is 2.09 bits per heavy atom. The highest BCUT2D eigenvalue weighted by molar-refractivity contribution is 5.80. The monoisotopic (exact) mass is 325 g/mol. The average molecular weight is 325 g/mol. The molecule has 1 rings (SSSR count). The Balaban J connectivity index is 2.57. The van der Waals surface area contributed by atoms with Crippen molar-refractivity contribution in [2.75, 3.05) is 27.2 Å². The van der Waals surface area contributed by atoms with Gasteiger partial charge in [0.15, 0.2) is 0 Å². The summed E-state index contributed by atoms with van der Waals surface area (Å²) in [4.78, 5) is 28.0. The molecule has 0 aromatic rings. The van der Waals surface area contributed by atoms with Crippen molar-refractivity contribution in [1.29, 1.82) is 0 Å². The molecule has 0 unspecified atom stereocenters. The van der Waals surface area contributed by atoms with Gasteiger partial charge in [-0.1, -0.05) is 34.6 Å². The van der Waals surface area contributed by atoms with Crippen LogP contribution in [0.1, 0.15) is 53.9 Å². The molecule has 0 aromatic heterocycles. The van der Waals surface area contributed by atoms with Gasteiger partial charge in [-0.05, 0) is 30.6 Å².